The van der Waals surface area contributed by atoms with Gasteiger partial charge in [0.2, 0.25) is 0 Å². The SMILES string of the molecule is CN1C(=O)[C@@H](NC(=O)C(=O)NCCc2c[nH]c3ccc(Cl)cc23)c2ccccc21. The number of rotatable bonds is 4. The van der Waals surface area contributed by atoms with E-state index in [1.165, 1.54) is 4.90 Å². The summed E-state index contributed by atoms with van der Waals surface area (Å²) in [5.41, 5.74) is 3.35. The van der Waals surface area contributed by atoms with E-state index in [2.05, 4.69) is 15.6 Å². The van der Waals surface area contributed by atoms with Gasteiger partial charge in [0.1, 0.15) is 6.04 Å². The van der Waals surface area contributed by atoms with Gasteiger partial charge in [-0.05, 0) is 36.2 Å². The highest BCUT2D eigenvalue weighted by Crippen LogP contribution is 2.34. The molecule has 148 valence electrons. The van der Waals surface area contributed by atoms with Crippen molar-refractivity contribution < 1.29 is 14.4 Å². The molecule has 7 nitrogen and oxygen atoms in total. The van der Waals surface area contributed by atoms with E-state index >= 15 is 0 Å². The number of carbonyl (C=O) groups is 3. The van der Waals surface area contributed by atoms with E-state index in [0.717, 1.165) is 22.2 Å². The van der Waals surface area contributed by atoms with Crippen molar-refractivity contribution in [2.75, 3.05) is 18.5 Å². The van der Waals surface area contributed by atoms with Gasteiger partial charge < -0.3 is 20.5 Å². The third-order valence-electron chi connectivity index (χ3n) is 5.08. The number of benzene rings is 2. The average Bonchev–Trinajstić information content (AvgIpc) is 3.22. The highest BCUT2D eigenvalue weighted by atomic mass is 35.5. The number of amides is 3. The number of carbonyl (C=O) groups excluding carboxylic acids is 3. The van der Waals surface area contributed by atoms with Crippen LogP contribution < -0.4 is 15.5 Å². The lowest BCUT2D eigenvalue weighted by atomic mass is 10.1. The van der Waals surface area contributed by atoms with Crippen LogP contribution in [0.25, 0.3) is 10.9 Å². The summed E-state index contributed by atoms with van der Waals surface area (Å²) in [4.78, 5) is 41.5. The van der Waals surface area contributed by atoms with Crippen LogP contribution in [0.2, 0.25) is 5.02 Å². The van der Waals surface area contributed by atoms with Gasteiger partial charge in [0, 0.05) is 47.0 Å². The lowest BCUT2D eigenvalue weighted by Crippen LogP contribution is -2.44. The number of nitrogens with one attached hydrogen (secondary N) is 3. The highest BCUT2D eigenvalue weighted by Gasteiger charge is 2.36. The molecule has 0 radical (unpaired) electrons. The Hall–Kier alpha value is -3.32. The monoisotopic (exact) mass is 410 g/mol. The second kappa shape index (κ2) is 7.60. The van der Waals surface area contributed by atoms with Gasteiger partial charge in [0.15, 0.2) is 0 Å². The van der Waals surface area contributed by atoms with Crippen LogP contribution in [0.5, 0.6) is 0 Å². The second-order valence-electron chi connectivity index (χ2n) is 6.87. The van der Waals surface area contributed by atoms with Crippen LogP contribution in [0.1, 0.15) is 17.2 Å². The first-order valence-corrected chi connectivity index (χ1v) is 9.54. The van der Waals surface area contributed by atoms with Crippen LogP contribution in [-0.4, -0.2) is 36.3 Å². The lowest BCUT2D eigenvalue weighted by Gasteiger charge is -2.13. The van der Waals surface area contributed by atoms with Gasteiger partial charge in [-0.1, -0.05) is 29.8 Å². The third kappa shape index (κ3) is 3.56. The van der Waals surface area contributed by atoms with Crippen LogP contribution >= 0.6 is 11.6 Å². The molecular weight excluding hydrogens is 392 g/mol. The van der Waals surface area contributed by atoms with Gasteiger partial charge in [-0.2, -0.15) is 0 Å². The average molecular weight is 411 g/mol. The number of fused-ring (bicyclic) bond motifs is 2. The fourth-order valence-electron chi connectivity index (χ4n) is 3.57. The molecular formula is C21H19ClN4O3. The predicted octanol–water partition coefficient (Wildman–Crippen LogP) is 2.31. The summed E-state index contributed by atoms with van der Waals surface area (Å²) in [6.45, 7) is 0.279. The minimum absolute atomic E-state index is 0.275. The molecule has 0 saturated heterocycles. The minimum atomic E-state index is -0.856. The summed E-state index contributed by atoms with van der Waals surface area (Å²) in [5, 5.41) is 6.74. The third-order valence-corrected chi connectivity index (χ3v) is 5.31. The Bertz CT molecular complexity index is 1120. The number of likely N-dealkylation sites (N-methyl/N-ethyl adjacent to an activating group) is 1. The molecule has 0 spiro atoms. The Morgan fingerprint density at radius 1 is 1.17 bits per heavy atom. The van der Waals surface area contributed by atoms with E-state index in [4.69, 9.17) is 11.6 Å². The number of hydrogen-bond acceptors (Lipinski definition) is 3. The van der Waals surface area contributed by atoms with Crippen molar-refractivity contribution in [3.63, 3.8) is 0 Å². The van der Waals surface area contributed by atoms with E-state index in [0.29, 0.717) is 17.0 Å². The fraction of sp³-hybridized carbons (Fsp3) is 0.190. The molecule has 4 rings (SSSR count). The van der Waals surface area contributed by atoms with E-state index in [9.17, 15) is 14.4 Å². The van der Waals surface area contributed by atoms with E-state index in [-0.39, 0.29) is 12.5 Å². The first kappa shape index (κ1) is 19.0. The van der Waals surface area contributed by atoms with Gasteiger partial charge in [-0.25, -0.2) is 0 Å². The summed E-state index contributed by atoms with van der Waals surface area (Å²) < 4.78 is 0. The van der Waals surface area contributed by atoms with Crippen LogP contribution in [0.3, 0.4) is 0 Å². The molecule has 0 unspecified atom stereocenters. The number of H-pyrrole nitrogens is 1. The quantitative estimate of drug-likeness (QED) is 0.576. The topological polar surface area (TPSA) is 94.3 Å². The van der Waals surface area contributed by atoms with Crippen LogP contribution in [0.15, 0.2) is 48.7 Å². The van der Waals surface area contributed by atoms with Crippen molar-refractivity contribution in [1.82, 2.24) is 15.6 Å². The summed E-state index contributed by atoms with van der Waals surface area (Å²) in [5.74, 6) is -1.89. The maximum absolute atomic E-state index is 12.4. The van der Waals surface area contributed by atoms with Crippen LogP contribution in [0.4, 0.5) is 5.69 Å². The van der Waals surface area contributed by atoms with Crippen molar-refractivity contribution in [2.45, 2.75) is 12.5 Å². The standard InChI is InChI=1S/C21H19ClN4O3/c1-26-17-5-3-2-4-14(17)18(21(26)29)25-20(28)19(27)23-9-8-12-11-24-16-7-6-13(22)10-15(12)16/h2-7,10-11,18,24H,8-9H2,1H3,(H,23,27)(H,25,28)/t18-/m0/s1. The molecule has 1 aliphatic rings. The molecule has 2 aromatic carbocycles. The van der Waals surface area contributed by atoms with Crippen LogP contribution in [0, 0.1) is 0 Å². The zero-order valence-electron chi connectivity index (χ0n) is 15.7. The molecule has 1 atom stereocenters. The Labute approximate surface area is 172 Å². The van der Waals surface area contributed by atoms with Gasteiger partial charge in [0.25, 0.3) is 5.91 Å². The Morgan fingerprint density at radius 2 is 1.97 bits per heavy atom. The number of hydrogen-bond donors (Lipinski definition) is 3. The maximum Gasteiger partial charge on any atom is 0.310 e. The highest BCUT2D eigenvalue weighted by molar-refractivity contribution is 6.35. The lowest BCUT2D eigenvalue weighted by molar-refractivity contribution is -0.140. The van der Waals surface area contributed by atoms with Gasteiger partial charge in [0.05, 0.1) is 0 Å². The Morgan fingerprint density at radius 3 is 2.79 bits per heavy atom. The van der Waals surface area contributed by atoms with Gasteiger partial charge in [-0.15, -0.1) is 0 Å². The normalized spacial score (nSPS) is 15.4. The zero-order valence-corrected chi connectivity index (χ0v) is 16.4. The van der Waals surface area contributed by atoms with Crippen molar-refractivity contribution in [1.29, 1.82) is 0 Å². The van der Waals surface area contributed by atoms with Crippen molar-refractivity contribution >= 4 is 45.9 Å². The number of halogens is 1. The summed E-state index contributed by atoms with van der Waals surface area (Å²) in [6.07, 6.45) is 2.39. The first-order valence-electron chi connectivity index (χ1n) is 9.16. The van der Waals surface area contributed by atoms with Crippen molar-refractivity contribution in [3.8, 4) is 0 Å². The largest absolute Gasteiger partial charge is 0.361 e. The zero-order chi connectivity index (χ0) is 20.5. The van der Waals surface area contributed by atoms with E-state index in [1.807, 2.05) is 24.4 Å². The molecule has 0 bridgehead atoms. The van der Waals surface area contributed by atoms with Crippen LogP contribution in [-0.2, 0) is 20.8 Å². The summed E-state index contributed by atoms with van der Waals surface area (Å²) >= 11 is 6.05. The molecule has 0 saturated carbocycles. The molecule has 29 heavy (non-hydrogen) atoms. The second-order valence-corrected chi connectivity index (χ2v) is 7.31. The maximum atomic E-state index is 12.4. The Balaban J connectivity index is 1.36. The van der Waals surface area contributed by atoms with E-state index < -0.39 is 17.9 Å². The molecule has 8 heteroatoms. The van der Waals surface area contributed by atoms with Gasteiger partial charge >= 0.3 is 11.8 Å². The summed E-state index contributed by atoms with van der Waals surface area (Å²) in [7, 11) is 1.64. The molecule has 1 aromatic heterocycles. The van der Waals surface area contributed by atoms with Crippen molar-refractivity contribution in [3.05, 3.63) is 64.8 Å². The molecule has 0 aliphatic carbocycles. The molecule has 3 N–H and O–H groups in total. The first-order chi connectivity index (χ1) is 14.0. The molecule has 3 amide bonds. The fourth-order valence-corrected chi connectivity index (χ4v) is 3.74. The summed E-state index contributed by atoms with van der Waals surface area (Å²) in [6, 6.07) is 11.9. The number of anilines is 1. The number of aromatic amines is 1. The smallest absolute Gasteiger partial charge is 0.310 e. The van der Waals surface area contributed by atoms with Crippen molar-refractivity contribution in [2.24, 2.45) is 0 Å². The molecule has 2 heterocycles. The number of aromatic nitrogens is 1. The number of nitrogens with zero attached hydrogens (tertiary/aromatic N) is 1. The Kier molecular flexibility index (Phi) is 4.98. The molecule has 3 aromatic rings. The predicted molar refractivity (Wildman–Crippen MR) is 111 cm³/mol. The van der Waals surface area contributed by atoms with Gasteiger partial charge in [-0.3, -0.25) is 14.4 Å². The van der Waals surface area contributed by atoms with E-state index in [1.54, 1.807) is 31.3 Å². The molecule has 1 aliphatic heterocycles. The number of para-hydroxylation sites is 1. The minimum Gasteiger partial charge on any atom is -0.361 e. The molecule has 0 fully saturated rings.